The van der Waals surface area contributed by atoms with Crippen molar-refractivity contribution in [1.29, 1.82) is 0 Å². The predicted molar refractivity (Wildman–Crippen MR) is 82.8 cm³/mol. The summed E-state index contributed by atoms with van der Waals surface area (Å²) in [6.07, 6.45) is -5.94. The number of phenolic OH excluding ortho intramolecular Hbond substituents is 1. The van der Waals surface area contributed by atoms with E-state index in [1.54, 1.807) is 0 Å². The Hall–Kier alpha value is -2.71. The lowest BCUT2D eigenvalue weighted by Gasteiger charge is -2.33. The van der Waals surface area contributed by atoms with Gasteiger partial charge in [0.05, 0.1) is 11.1 Å². The molecule has 0 unspecified atom stereocenters. The molecule has 25 heavy (non-hydrogen) atoms. The zero-order valence-corrected chi connectivity index (χ0v) is 13.0. The standard InChI is InChI=1S/C16H15F3N2O4/c17-16(18,19)12-8-9-7-10(22)1-2-13(9)20-14(12)21-5-3-11(4-6-21)25-15(23)24/h1-2,7-8,11,22H,3-6H2,(H,23,24). The first kappa shape index (κ1) is 17.1. The first-order chi connectivity index (χ1) is 11.7. The zero-order chi connectivity index (χ0) is 18.2. The lowest BCUT2D eigenvalue weighted by molar-refractivity contribution is -0.137. The number of anilines is 1. The van der Waals surface area contributed by atoms with Crippen LogP contribution in [0.3, 0.4) is 0 Å². The van der Waals surface area contributed by atoms with Gasteiger partial charge in [0, 0.05) is 31.3 Å². The molecule has 2 N–H and O–H groups in total. The van der Waals surface area contributed by atoms with Gasteiger partial charge in [-0.2, -0.15) is 13.2 Å². The molecular formula is C16H15F3N2O4. The molecule has 1 aromatic carbocycles. The number of pyridine rings is 1. The first-order valence-corrected chi connectivity index (χ1v) is 7.59. The number of carbonyl (C=O) groups is 1. The Bertz CT molecular complexity index is 802. The second-order valence-electron chi connectivity index (χ2n) is 5.80. The molecule has 0 amide bonds. The van der Waals surface area contributed by atoms with Crippen molar-refractivity contribution in [3.63, 3.8) is 0 Å². The molecule has 1 saturated heterocycles. The molecule has 0 radical (unpaired) electrons. The monoisotopic (exact) mass is 356 g/mol. The minimum absolute atomic E-state index is 0.137. The highest BCUT2D eigenvalue weighted by Crippen LogP contribution is 2.38. The first-order valence-electron chi connectivity index (χ1n) is 7.59. The number of nitrogens with zero attached hydrogens (tertiary/aromatic N) is 2. The Labute approximate surface area is 140 Å². The molecule has 2 aromatic rings. The molecule has 1 aromatic heterocycles. The van der Waals surface area contributed by atoms with Gasteiger partial charge >= 0.3 is 12.3 Å². The Morgan fingerprint density at radius 3 is 2.52 bits per heavy atom. The van der Waals surface area contributed by atoms with Crippen LogP contribution >= 0.6 is 0 Å². The van der Waals surface area contributed by atoms with Gasteiger partial charge in [-0.3, -0.25) is 0 Å². The van der Waals surface area contributed by atoms with Crippen molar-refractivity contribution in [2.75, 3.05) is 18.0 Å². The van der Waals surface area contributed by atoms with E-state index < -0.39 is 24.0 Å². The number of aromatic nitrogens is 1. The van der Waals surface area contributed by atoms with Crippen molar-refractivity contribution in [3.05, 3.63) is 29.8 Å². The van der Waals surface area contributed by atoms with Crippen LogP contribution < -0.4 is 4.90 Å². The fourth-order valence-electron chi connectivity index (χ4n) is 2.93. The van der Waals surface area contributed by atoms with E-state index in [-0.39, 0.29) is 30.0 Å². The Kier molecular flexibility index (Phi) is 4.32. The normalized spacial score (nSPS) is 16.2. The molecule has 1 aliphatic rings. The summed E-state index contributed by atoms with van der Waals surface area (Å²) in [6, 6.07) is 5.01. The number of halogens is 3. The second-order valence-corrected chi connectivity index (χ2v) is 5.80. The van der Waals surface area contributed by atoms with Crippen LogP contribution in [0.4, 0.5) is 23.8 Å². The zero-order valence-electron chi connectivity index (χ0n) is 13.0. The molecule has 0 aliphatic carbocycles. The quantitative estimate of drug-likeness (QED) is 0.800. The molecule has 9 heteroatoms. The van der Waals surface area contributed by atoms with Gasteiger partial charge in [-0.25, -0.2) is 9.78 Å². The van der Waals surface area contributed by atoms with Gasteiger partial charge in [0.1, 0.15) is 17.7 Å². The fraction of sp³-hybridized carbons (Fsp3) is 0.375. The fourth-order valence-corrected chi connectivity index (χ4v) is 2.93. The van der Waals surface area contributed by atoms with Crippen LogP contribution in [0.25, 0.3) is 10.9 Å². The molecule has 0 bridgehead atoms. The molecule has 0 spiro atoms. The molecule has 0 saturated carbocycles. The highest BCUT2D eigenvalue weighted by molar-refractivity contribution is 5.83. The molecule has 134 valence electrons. The smallest absolute Gasteiger partial charge is 0.506 e. The van der Waals surface area contributed by atoms with E-state index in [2.05, 4.69) is 9.72 Å². The summed E-state index contributed by atoms with van der Waals surface area (Å²) in [5.41, 5.74) is -0.548. The van der Waals surface area contributed by atoms with Crippen molar-refractivity contribution in [1.82, 2.24) is 4.98 Å². The summed E-state index contributed by atoms with van der Waals surface area (Å²) in [5.74, 6) is -0.332. The maximum absolute atomic E-state index is 13.4. The summed E-state index contributed by atoms with van der Waals surface area (Å²) in [5, 5.41) is 18.3. The SMILES string of the molecule is O=C(O)OC1CCN(c2nc3ccc(O)cc3cc2C(F)(F)F)CC1. The van der Waals surface area contributed by atoms with Gasteiger partial charge in [-0.1, -0.05) is 0 Å². The third-order valence-corrected chi connectivity index (χ3v) is 4.09. The van der Waals surface area contributed by atoms with Crippen molar-refractivity contribution >= 4 is 22.9 Å². The maximum Gasteiger partial charge on any atom is 0.506 e. The lowest BCUT2D eigenvalue weighted by atomic mass is 10.1. The number of fused-ring (bicyclic) bond motifs is 1. The number of carboxylic acid groups (broad SMARTS) is 1. The van der Waals surface area contributed by atoms with Crippen LogP contribution in [0.15, 0.2) is 24.3 Å². The lowest BCUT2D eigenvalue weighted by Crippen LogP contribution is -2.39. The van der Waals surface area contributed by atoms with Crippen molar-refractivity contribution in [2.24, 2.45) is 0 Å². The molecule has 1 aliphatic heterocycles. The molecular weight excluding hydrogens is 341 g/mol. The summed E-state index contributed by atoms with van der Waals surface area (Å²) in [4.78, 5) is 16.2. The van der Waals surface area contributed by atoms with Crippen LogP contribution in [-0.2, 0) is 10.9 Å². The van der Waals surface area contributed by atoms with Gasteiger partial charge in [0.25, 0.3) is 0 Å². The molecule has 3 rings (SSSR count). The number of hydrogen-bond donors (Lipinski definition) is 2. The van der Waals surface area contributed by atoms with Gasteiger partial charge in [-0.15, -0.1) is 0 Å². The number of rotatable bonds is 2. The van der Waals surface area contributed by atoms with Crippen LogP contribution in [0.1, 0.15) is 18.4 Å². The number of alkyl halides is 3. The summed E-state index contributed by atoms with van der Waals surface area (Å²) in [7, 11) is 0. The van der Waals surface area contributed by atoms with Crippen molar-refractivity contribution in [2.45, 2.75) is 25.1 Å². The van der Waals surface area contributed by atoms with Gasteiger partial charge < -0.3 is 19.8 Å². The molecule has 2 heterocycles. The average molecular weight is 356 g/mol. The Morgan fingerprint density at radius 2 is 1.92 bits per heavy atom. The van der Waals surface area contributed by atoms with Crippen LogP contribution in [-0.4, -0.2) is 40.5 Å². The van der Waals surface area contributed by atoms with E-state index in [1.807, 2.05) is 0 Å². The average Bonchev–Trinajstić information content (AvgIpc) is 2.53. The number of piperidine rings is 1. The molecule has 1 fully saturated rings. The number of ether oxygens (including phenoxy) is 1. The van der Waals surface area contributed by atoms with E-state index in [9.17, 15) is 23.1 Å². The van der Waals surface area contributed by atoms with E-state index in [4.69, 9.17) is 5.11 Å². The van der Waals surface area contributed by atoms with Crippen LogP contribution in [0.5, 0.6) is 5.75 Å². The highest BCUT2D eigenvalue weighted by Gasteiger charge is 2.37. The Balaban J connectivity index is 1.95. The number of aromatic hydroxyl groups is 1. The third-order valence-electron chi connectivity index (χ3n) is 4.09. The summed E-state index contributed by atoms with van der Waals surface area (Å²) >= 11 is 0. The molecule has 0 atom stereocenters. The molecule has 6 nitrogen and oxygen atoms in total. The Morgan fingerprint density at radius 1 is 1.24 bits per heavy atom. The number of benzene rings is 1. The topological polar surface area (TPSA) is 82.9 Å². The summed E-state index contributed by atoms with van der Waals surface area (Å²) < 4.78 is 45.0. The van der Waals surface area contributed by atoms with E-state index >= 15 is 0 Å². The maximum atomic E-state index is 13.4. The number of phenols is 1. The van der Waals surface area contributed by atoms with Crippen LogP contribution in [0, 0.1) is 0 Å². The van der Waals surface area contributed by atoms with Crippen molar-refractivity contribution < 1.29 is 32.9 Å². The third kappa shape index (κ3) is 3.70. The van der Waals surface area contributed by atoms with Gasteiger partial charge in [0.2, 0.25) is 0 Å². The highest BCUT2D eigenvalue weighted by atomic mass is 19.4. The second kappa shape index (κ2) is 6.30. The van der Waals surface area contributed by atoms with Crippen LogP contribution in [0.2, 0.25) is 0 Å². The minimum atomic E-state index is -4.60. The van der Waals surface area contributed by atoms with Gasteiger partial charge in [-0.05, 0) is 24.3 Å². The number of hydrogen-bond acceptors (Lipinski definition) is 5. The van der Waals surface area contributed by atoms with E-state index in [1.165, 1.54) is 23.1 Å². The summed E-state index contributed by atoms with van der Waals surface area (Å²) in [6.45, 7) is 0.412. The van der Waals surface area contributed by atoms with Gasteiger partial charge in [0.15, 0.2) is 0 Å². The van der Waals surface area contributed by atoms with E-state index in [0.717, 1.165) is 6.07 Å². The van der Waals surface area contributed by atoms with Crippen molar-refractivity contribution in [3.8, 4) is 5.75 Å². The largest absolute Gasteiger partial charge is 0.508 e. The predicted octanol–water partition coefficient (Wildman–Crippen LogP) is 3.62. The minimum Gasteiger partial charge on any atom is -0.508 e. The van der Waals surface area contributed by atoms with E-state index in [0.29, 0.717) is 18.4 Å².